The molecule has 1 aliphatic heterocycles. The maximum absolute atomic E-state index is 11.7. The molecule has 1 aromatic rings. The van der Waals surface area contributed by atoms with Crippen molar-refractivity contribution in [2.45, 2.75) is 51.5 Å². The molecular formula is C19H23IO9. The first-order chi connectivity index (χ1) is 13.7. The Balaban J connectivity index is 2.37. The van der Waals surface area contributed by atoms with Gasteiger partial charge in [0.05, 0.1) is 7.11 Å². The summed E-state index contributed by atoms with van der Waals surface area (Å²) < 4.78 is 33.4. The third-order valence-electron chi connectivity index (χ3n) is 3.96. The average Bonchev–Trinajstić information content (AvgIpc) is 2.65. The quantitative estimate of drug-likeness (QED) is 0.230. The summed E-state index contributed by atoms with van der Waals surface area (Å²) in [7, 11) is 1.54. The first-order valence-electron chi connectivity index (χ1n) is 8.79. The highest BCUT2D eigenvalue weighted by atomic mass is 127. The Morgan fingerprint density at radius 1 is 0.862 bits per heavy atom. The van der Waals surface area contributed by atoms with Gasteiger partial charge in [0.15, 0.2) is 12.2 Å². The van der Waals surface area contributed by atoms with E-state index in [-0.39, 0.29) is 0 Å². The molecule has 1 heterocycles. The summed E-state index contributed by atoms with van der Waals surface area (Å²) in [5.41, 5.74) is 0. The van der Waals surface area contributed by atoms with Crippen LogP contribution in [-0.2, 0) is 33.3 Å². The SMILES string of the molecule is COc1ccc(O[C@H]2O[C@@H](CI)[C@H](OC(C)=O)[C@H](OC(C)=O)[C@H]2OC(C)=O)cc1. The summed E-state index contributed by atoms with van der Waals surface area (Å²) in [4.78, 5) is 35.0. The molecule has 5 atom stereocenters. The number of benzene rings is 1. The van der Waals surface area contributed by atoms with E-state index in [1.807, 2.05) is 0 Å². The summed E-state index contributed by atoms with van der Waals surface area (Å²) in [6, 6.07) is 6.70. The van der Waals surface area contributed by atoms with Crippen LogP contribution in [0.2, 0.25) is 0 Å². The molecule has 0 amide bonds. The molecule has 0 unspecified atom stereocenters. The third kappa shape index (κ3) is 6.46. The van der Waals surface area contributed by atoms with Crippen molar-refractivity contribution < 1.29 is 42.8 Å². The Bertz CT molecular complexity index is 721. The van der Waals surface area contributed by atoms with E-state index in [1.165, 1.54) is 20.8 Å². The molecule has 0 aliphatic carbocycles. The predicted octanol–water partition coefficient (Wildman–Crippen LogP) is 2.03. The van der Waals surface area contributed by atoms with Crippen molar-refractivity contribution >= 4 is 40.5 Å². The molecule has 1 aliphatic rings. The summed E-state index contributed by atoms with van der Waals surface area (Å²) in [6.07, 6.45) is -4.96. The minimum atomic E-state index is -1.15. The standard InChI is InChI=1S/C19H23IO9/c1-10(21)25-16-15(9-20)29-19(28-14-7-5-13(24-4)6-8-14)18(27-12(3)23)17(16)26-11(2)22/h5-8,15-19H,9H2,1-4H3/t15-,16-,17-,18+,19-/m0/s1. The van der Waals surface area contributed by atoms with E-state index in [4.69, 9.17) is 28.4 Å². The number of alkyl halides is 1. The molecule has 1 fully saturated rings. The van der Waals surface area contributed by atoms with Gasteiger partial charge in [-0.1, -0.05) is 22.6 Å². The Morgan fingerprint density at radius 3 is 1.83 bits per heavy atom. The number of carbonyl (C=O) groups excluding carboxylic acids is 3. The fourth-order valence-corrected chi connectivity index (χ4v) is 3.57. The first kappa shape index (κ1) is 23.2. The normalized spacial score (nSPS) is 26.2. The number of methoxy groups -OCH3 is 1. The number of rotatable bonds is 7. The molecule has 10 heteroatoms. The summed E-state index contributed by atoms with van der Waals surface area (Å²) >= 11 is 2.06. The molecule has 29 heavy (non-hydrogen) atoms. The second kappa shape index (κ2) is 10.6. The molecule has 0 saturated carbocycles. The van der Waals surface area contributed by atoms with Gasteiger partial charge in [0, 0.05) is 25.2 Å². The Morgan fingerprint density at radius 2 is 1.34 bits per heavy atom. The van der Waals surface area contributed by atoms with Crippen LogP contribution in [0.5, 0.6) is 11.5 Å². The Kier molecular flexibility index (Phi) is 8.50. The zero-order chi connectivity index (χ0) is 21.6. The topological polar surface area (TPSA) is 107 Å². The summed E-state index contributed by atoms with van der Waals surface area (Å²) in [5.74, 6) is -0.777. The molecule has 1 saturated heterocycles. The smallest absolute Gasteiger partial charge is 0.303 e. The lowest BCUT2D eigenvalue weighted by molar-refractivity contribution is -0.279. The molecule has 0 spiro atoms. The average molecular weight is 522 g/mol. The van der Waals surface area contributed by atoms with Crippen molar-refractivity contribution in [2.75, 3.05) is 11.5 Å². The highest BCUT2D eigenvalue weighted by molar-refractivity contribution is 14.1. The molecule has 0 aromatic heterocycles. The number of hydrogen-bond donors (Lipinski definition) is 0. The van der Waals surface area contributed by atoms with Crippen molar-refractivity contribution in [1.29, 1.82) is 0 Å². The van der Waals surface area contributed by atoms with E-state index in [2.05, 4.69) is 22.6 Å². The van der Waals surface area contributed by atoms with Crippen molar-refractivity contribution in [2.24, 2.45) is 0 Å². The number of carbonyl (C=O) groups is 3. The fourth-order valence-electron chi connectivity index (χ4n) is 2.86. The fraction of sp³-hybridized carbons (Fsp3) is 0.526. The lowest BCUT2D eigenvalue weighted by Gasteiger charge is -2.43. The molecule has 160 valence electrons. The monoisotopic (exact) mass is 522 g/mol. The minimum Gasteiger partial charge on any atom is -0.497 e. The van der Waals surface area contributed by atoms with Crippen LogP contribution in [0.4, 0.5) is 0 Å². The van der Waals surface area contributed by atoms with E-state index in [0.717, 1.165) is 0 Å². The number of hydrogen-bond acceptors (Lipinski definition) is 9. The van der Waals surface area contributed by atoms with Crippen LogP contribution in [-0.4, -0.2) is 60.2 Å². The summed E-state index contributed by atoms with van der Waals surface area (Å²) in [6.45, 7) is 3.65. The molecular weight excluding hydrogens is 499 g/mol. The Hall–Kier alpha value is -2.08. The number of halogens is 1. The van der Waals surface area contributed by atoms with E-state index in [9.17, 15) is 14.4 Å². The zero-order valence-corrected chi connectivity index (χ0v) is 18.6. The van der Waals surface area contributed by atoms with Crippen LogP contribution in [0, 0.1) is 0 Å². The van der Waals surface area contributed by atoms with Crippen LogP contribution in [0.25, 0.3) is 0 Å². The van der Waals surface area contributed by atoms with Gasteiger partial charge in [-0.3, -0.25) is 14.4 Å². The molecule has 9 nitrogen and oxygen atoms in total. The first-order valence-corrected chi connectivity index (χ1v) is 10.3. The largest absolute Gasteiger partial charge is 0.497 e. The molecule has 1 aromatic carbocycles. The van der Waals surface area contributed by atoms with Gasteiger partial charge in [0.2, 0.25) is 12.4 Å². The second-order valence-corrected chi connectivity index (χ2v) is 7.09. The number of ether oxygens (including phenoxy) is 6. The van der Waals surface area contributed by atoms with Gasteiger partial charge in [0.1, 0.15) is 17.6 Å². The highest BCUT2D eigenvalue weighted by Crippen LogP contribution is 2.31. The molecule has 0 radical (unpaired) electrons. The van der Waals surface area contributed by atoms with Gasteiger partial charge in [-0.25, -0.2) is 0 Å². The van der Waals surface area contributed by atoms with Gasteiger partial charge < -0.3 is 28.4 Å². The lowest BCUT2D eigenvalue weighted by atomic mass is 9.99. The van der Waals surface area contributed by atoms with Crippen LogP contribution < -0.4 is 9.47 Å². The van der Waals surface area contributed by atoms with Gasteiger partial charge in [-0.2, -0.15) is 0 Å². The third-order valence-corrected chi connectivity index (χ3v) is 4.83. The molecule has 2 rings (SSSR count). The van der Waals surface area contributed by atoms with Gasteiger partial charge >= 0.3 is 17.9 Å². The summed E-state index contributed by atoms with van der Waals surface area (Å²) in [5, 5.41) is 0. The van der Waals surface area contributed by atoms with Crippen LogP contribution in [0.1, 0.15) is 20.8 Å². The minimum absolute atomic E-state index is 0.405. The maximum Gasteiger partial charge on any atom is 0.303 e. The second-order valence-electron chi connectivity index (χ2n) is 6.21. The highest BCUT2D eigenvalue weighted by Gasteiger charge is 2.52. The van der Waals surface area contributed by atoms with E-state index in [0.29, 0.717) is 15.9 Å². The van der Waals surface area contributed by atoms with Crippen LogP contribution in [0.3, 0.4) is 0 Å². The molecule has 0 N–H and O–H groups in total. The molecule has 0 bridgehead atoms. The van der Waals surface area contributed by atoms with Crippen molar-refractivity contribution in [3.05, 3.63) is 24.3 Å². The number of esters is 3. The van der Waals surface area contributed by atoms with Crippen molar-refractivity contribution in [3.8, 4) is 11.5 Å². The Labute approximate surface area is 182 Å². The van der Waals surface area contributed by atoms with Crippen LogP contribution in [0.15, 0.2) is 24.3 Å². The zero-order valence-electron chi connectivity index (χ0n) is 16.5. The van der Waals surface area contributed by atoms with E-state index in [1.54, 1.807) is 31.4 Å². The van der Waals surface area contributed by atoms with Crippen molar-refractivity contribution in [3.63, 3.8) is 0 Å². The maximum atomic E-state index is 11.7. The van der Waals surface area contributed by atoms with E-state index < -0.39 is 48.6 Å². The van der Waals surface area contributed by atoms with Gasteiger partial charge in [0.25, 0.3) is 0 Å². The van der Waals surface area contributed by atoms with Crippen LogP contribution >= 0.6 is 22.6 Å². The predicted molar refractivity (Wildman–Crippen MR) is 108 cm³/mol. The van der Waals surface area contributed by atoms with E-state index >= 15 is 0 Å². The van der Waals surface area contributed by atoms with Gasteiger partial charge in [-0.05, 0) is 24.3 Å². The van der Waals surface area contributed by atoms with Crippen molar-refractivity contribution in [1.82, 2.24) is 0 Å². The van der Waals surface area contributed by atoms with Gasteiger partial charge in [-0.15, -0.1) is 0 Å². The lowest BCUT2D eigenvalue weighted by Crippen LogP contribution is -2.63.